The number of aryl methyl sites for hydroxylation is 2. The summed E-state index contributed by atoms with van der Waals surface area (Å²) in [7, 11) is 1.87. The highest BCUT2D eigenvalue weighted by Gasteiger charge is 2.56. The van der Waals surface area contributed by atoms with Crippen molar-refractivity contribution in [3.63, 3.8) is 0 Å². The van der Waals surface area contributed by atoms with Crippen molar-refractivity contribution in [2.24, 2.45) is 18.4 Å². The van der Waals surface area contributed by atoms with Crippen LogP contribution in [0.3, 0.4) is 0 Å². The van der Waals surface area contributed by atoms with E-state index in [1.165, 1.54) is 0 Å². The molecule has 1 spiro atoms. The Balaban J connectivity index is 1.51. The summed E-state index contributed by atoms with van der Waals surface area (Å²) in [4.78, 5) is 38.8. The van der Waals surface area contributed by atoms with Crippen molar-refractivity contribution in [3.05, 3.63) is 18.0 Å². The van der Waals surface area contributed by atoms with Crippen LogP contribution in [0.1, 0.15) is 52.0 Å². The van der Waals surface area contributed by atoms with Crippen LogP contribution in [0.25, 0.3) is 0 Å². The Morgan fingerprint density at radius 1 is 1.36 bits per heavy atom. The lowest BCUT2D eigenvalue weighted by atomic mass is 9.64. The van der Waals surface area contributed by atoms with Crippen LogP contribution in [0.4, 0.5) is 4.79 Å². The van der Waals surface area contributed by atoms with Crippen molar-refractivity contribution < 1.29 is 14.4 Å². The Morgan fingerprint density at radius 3 is 2.75 bits per heavy atom. The number of nitrogens with zero attached hydrogens (tertiary/aromatic N) is 3. The summed E-state index contributed by atoms with van der Waals surface area (Å²) in [5.74, 6) is -0.230. The molecule has 2 N–H and O–H groups in total. The zero-order chi connectivity index (χ0) is 20.5. The fraction of sp³-hybridized carbons (Fsp3) is 0.700. The zero-order valence-electron chi connectivity index (χ0n) is 17.2. The highest BCUT2D eigenvalue weighted by Crippen LogP contribution is 2.46. The molecule has 28 heavy (non-hydrogen) atoms. The number of carbonyl (C=O) groups is 3. The minimum absolute atomic E-state index is 0.0226. The number of imide groups is 1. The molecule has 2 fully saturated rings. The van der Waals surface area contributed by atoms with Crippen LogP contribution < -0.4 is 10.6 Å². The average Bonchev–Trinajstić information content (AvgIpc) is 3.07. The number of amides is 4. The van der Waals surface area contributed by atoms with Crippen molar-refractivity contribution in [1.82, 2.24) is 25.3 Å². The largest absolute Gasteiger partial charge is 0.355 e. The molecule has 1 saturated heterocycles. The normalized spacial score (nSPS) is 26.6. The first kappa shape index (κ1) is 20.4. The van der Waals surface area contributed by atoms with E-state index in [-0.39, 0.29) is 23.8 Å². The van der Waals surface area contributed by atoms with Gasteiger partial charge in [-0.15, -0.1) is 0 Å². The van der Waals surface area contributed by atoms with E-state index in [0.717, 1.165) is 29.7 Å². The minimum Gasteiger partial charge on any atom is -0.355 e. The van der Waals surface area contributed by atoms with Crippen LogP contribution in [0, 0.1) is 11.3 Å². The van der Waals surface area contributed by atoms with Crippen LogP contribution in [0.2, 0.25) is 0 Å². The predicted octanol–water partition coefficient (Wildman–Crippen LogP) is 1.61. The number of rotatable bonds is 6. The van der Waals surface area contributed by atoms with Gasteiger partial charge in [0.1, 0.15) is 12.1 Å². The highest BCUT2D eigenvalue weighted by atomic mass is 16.2. The molecule has 0 aromatic carbocycles. The van der Waals surface area contributed by atoms with E-state index in [1.807, 2.05) is 13.2 Å². The molecule has 0 radical (unpaired) electrons. The first-order valence-corrected chi connectivity index (χ1v) is 9.99. The van der Waals surface area contributed by atoms with Gasteiger partial charge in [0, 0.05) is 19.8 Å². The number of nitrogens with one attached hydrogen (secondary N) is 2. The smallest absolute Gasteiger partial charge is 0.325 e. The first-order valence-electron chi connectivity index (χ1n) is 9.99. The third kappa shape index (κ3) is 4.36. The van der Waals surface area contributed by atoms with E-state index in [0.29, 0.717) is 25.3 Å². The molecular formula is C20H31N5O3. The molecule has 1 aliphatic heterocycles. The van der Waals surface area contributed by atoms with Crippen LogP contribution in [-0.4, -0.2) is 51.2 Å². The van der Waals surface area contributed by atoms with Crippen LogP contribution >= 0.6 is 0 Å². The maximum atomic E-state index is 13.0. The van der Waals surface area contributed by atoms with Gasteiger partial charge in [-0.25, -0.2) is 4.79 Å². The molecule has 2 aliphatic rings. The summed E-state index contributed by atoms with van der Waals surface area (Å²) in [6, 6.07) is -0.458. The van der Waals surface area contributed by atoms with Gasteiger partial charge in [0.2, 0.25) is 5.91 Å². The fourth-order valence-electron chi connectivity index (χ4n) is 4.97. The summed E-state index contributed by atoms with van der Waals surface area (Å²) >= 11 is 0. The number of urea groups is 1. The standard InChI is InChI=1S/C20H31N5O3/c1-14-8-19(2,3)13-20(9-14)17(27)25(18(28)23-20)12-16(26)21-7-5-6-15-10-22-24(4)11-15/h10-11,14H,5-9,12-13H2,1-4H3,(H,21,26)(H,23,28). The topological polar surface area (TPSA) is 96.3 Å². The second-order valence-electron chi connectivity index (χ2n) is 9.23. The Labute approximate surface area is 166 Å². The maximum absolute atomic E-state index is 13.0. The lowest BCUT2D eigenvalue weighted by Gasteiger charge is -2.43. The Kier molecular flexibility index (Phi) is 5.50. The Hall–Kier alpha value is -2.38. The maximum Gasteiger partial charge on any atom is 0.325 e. The molecule has 1 aliphatic carbocycles. The monoisotopic (exact) mass is 389 g/mol. The minimum atomic E-state index is -0.862. The second kappa shape index (κ2) is 7.56. The molecule has 2 unspecified atom stereocenters. The van der Waals surface area contributed by atoms with Crippen LogP contribution in [-0.2, 0) is 23.1 Å². The molecule has 0 bridgehead atoms. The zero-order valence-corrected chi connectivity index (χ0v) is 17.2. The van der Waals surface area contributed by atoms with E-state index in [2.05, 4.69) is 36.5 Å². The summed E-state index contributed by atoms with van der Waals surface area (Å²) in [6.45, 7) is 6.63. The lowest BCUT2D eigenvalue weighted by Crippen LogP contribution is -2.54. The SMILES string of the molecule is CC1CC(C)(C)CC2(C1)NC(=O)N(CC(=O)NCCCc1cnn(C)c1)C2=O. The molecule has 8 nitrogen and oxygen atoms in total. The van der Waals surface area contributed by atoms with E-state index in [4.69, 9.17) is 0 Å². The number of hydrogen-bond acceptors (Lipinski definition) is 4. The first-order chi connectivity index (χ1) is 13.1. The molecule has 1 aromatic rings. The van der Waals surface area contributed by atoms with Gasteiger partial charge in [-0.1, -0.05) is 20.8 Å². The van der Waals surface area contributed by atoms with Gasteiger partial charge in [-0.3, -0.25) is 19.2 Å². The molecular weight excluding hydrogens is 358 g/mol. The van der Waals surface area contributed by atoms with Crippen LogP contribution in [0.5, 0.6) is 0 Å². The fourth-order valence-corrected chi connectivity index (χ4v) is 4.97. The number of carbonyl (C=O) groups excluding carboxylic acids is 3. The van der Waals surface area contributed by atoms with Crippen molar-refractivity contribution in [2.75, 3.05) is 13.1 Å². The van der Waals surface area contributed by atoms with Gasteiger partial charge in [0.05, 0.1) is 6.20 Å². The molecule has 1 aromatic heterocycles. The third-order valence-electron chi connectivity index (χ3n) is 5.65. The van der Waals surface area contributed by atoms with Crippen molar-refractivity contribution in [2.45, 2.75) is 58.4 Å². The summed E-state index contributed by atoms with van der Waals surface area (Å²) in [6.07, 6.45) is 7.60. The van der Waals surface area contributed by atoms with E-state index in [9.17, 15) is 14.4 Å². The van der Waals surface area contributed by atoms with Gasteiger partial charge in [0.25, 0.3) is 5.91 Å². The number of aromatic nitrogens is 2. The van der Waals surface area contributed by atoms with Gasteiger partial charge in [-0.05, 0) is 49.0 Å². The van der Waals surface area contributed by atoms with E-state index in [1.54, 1.807) is 10.9 Å². The molecule has 3 rings (SSSR count). The molecule has 2 heterocycles. The van der Waals surface area contributed by atoms with Crippen LogP contribution in [0.15, 0.2) is 12.4 Å². The summed E-state index contributed by atoms with van der Waals surface area (Å²) in [5, 5.41) is 9.82. The predicted molar refractivity (Wildman–Crippen MR) is 104 cm³/mol. The Bertz CT molecular complexity index is 772. The van der Waals surface area contributed by atoms with Gasteiger partial charge < -0.3 is 10.6 Å². The number of hydrogen-bond donors (Lipinski definition) is 2. The van der Waals surface area contributed by atoms with Gasteiger partial charge in [-0.2, -0.15) is 5.10 Å². The average molecular weight is 390 g/mol. The van der Waals surface area contributed by atoms with Crippen molar-refractivity contribution in [3.8, 4) is 0 Å². The lowest BCUT2D eigenvalue weighted by molar-refractivity contribution is -0.137. The van der Waals surface area contributed by atoms with E-state index < -0.39 is 11.6 Å². The summed E-state index contributed by atoms with van der Waals surface area (Å²) in [5.41, 5.74) is 0.228. The van der Waals surface area contributed by atoms with Crippen molar-refractivity contribution >= 4 is 17.8 Å². The molecule has 2 atom stereocenters. The van der Waals surface area contributed by atoms with Gasteiger partial charge >= 0.3 is 6.03 Å². The molecule has 154 valence electrons. The van der Waals surface area contributed by atoms with E-state index >= 15 is 0 Å². The third-order valence-corrected chi connectivity index (χ3v) is 5.65. The Morgan fingerprint density at radius 2 is 2.11 bits per heavy atom. The summed E-state index contributed by atoms with van der Waals surface area (Å²) < 4.78 is 1.74. The van der Waals surface area contributed by atoms with Crippen molar-refractivity contribution in [1.29, 1.82) is 0 Å². The molecule has 1 saturated carbocycles. The highest BCUT2D eigenvalue weighted by molar-refractivity contribution is 6.09. The molecule has 4 amide bonds. The second-order valence-corrected chi connectivity index (χ2v) is 9.23. The molecule has 8 heteroatoms. The van der Waals surface area contributed by atoms with Gasteiger partial charge in [0.15, 0.2) is 0 Å². The quantitative estimate of drug-likeness (QED) is 0.571.